The van der Waals surface area contributed by atoms with Crippen LogP contribution in [0, 0.1) is 19.8 Å². The summed E-state index contributed by atoms with van der Waals surface area (Å²) in [5, 5.41) is 7.75. The lowest BCUT2D eigenvalue weighted by Gasteiger charge is -2.26. The summed E-state index contributed by atoms with van der Waals surface area (Å²) in [5.41, 5.74) is 4.61. The molecular formula is C20H25ClN2OS. The summed E-state index contributed by atoms with van der Waals surface area (Å²) >= 11 is 11.7. The van der Waals surface area contributed by atoms with Gasteiger partial charge in [0.25, 0.3) is 0 Å². The van der Waals surface area contributed by atoms with Gasteiger partial charge in [0.05, 0.1) is 18.2 Å². The Kier molecular flexibility index (Phi) is 6.68. The molecule has 0 aliphatic rings. The number of aryl methyl sites for hydroxylation is 2. The zero-order valence-corrected chi connectivity index (χ0v) is 16.9. The van der Waals surface area contributed by atoms with Gasteiger partial charge in [-0.05, 0) is 61.3 Å². The molecule has 0 bridgehead atoms. The van der Waals surface area contributed by atoms with E-state index in [4.69, 9.17) is 28.6 Å². The molecule has 5 heteroatoms. The van der Waals surface area contributed by atoms with E-state index < -0.39 is 0 Å². The summed E-state index contributed by atoms with van der Waals surface area (Å²) in [6.07, 6.45) is 0. The van der Waals surface area contributed by atoms with Crippen molar-refractivity contribution in [1.82, 2.24) is 5.32 Å². The molecule has 1 unspecified atom stereocenters. The van der Waals surface area contributed by atoms with Gasteiger partial charge >= 0.3 is 0 Å². The number of methoxy groups -OCH3 is 1. The Morgan fingerprint density at radius 2 is 1.84 bits per heavy atom. The highest BCUT2D eigenvalue weighted by molar-refractivity contribution is 7.80. The highest BCUT2D eigenvalue weighted by Crippen LogP contribution is 2.28. The van der Waals surface area contributed by atoms with Gasteiger partial charge in [0.2, 0.25) is 0 Å². The number of halogens is 1. The Morgan fingerprint density at radius 3 is 2.40 bits per heavy atom. The molecule has 3 nitrogen and oxygen atoms in total. The van der Waals surface area contributed by atoms with Gasteiger partial charge in [0.15, 0.2) is 5.11 Å². The first kappa shape index (κ1) is 19.5. The van der Waals surface area contributed by atoms with Crippen LogP contribution in [-0.2, 0) is 0 Å². The van der Waals surface area contributed by atoms with E-state index in [-0.39, 0.29) is 6.04 Å². The third kappa shape index (κ3) is 5.10. The third-order valence-corrected chi connectivity index (χ3v) is 4.64. The van der Waals surface area contributed by atoms with Crippen molar-refractivity contribution in [3.63, 3.8) is 0 Å². The first-order chi connectivity index (χ1) is 11.8. The lowest BCUT2D eigenvalue weighted by atomic mass is 9.92. The number of rotatable bonds is 5. The molecular weight excluding hydrogens is 352 g/mol. The fraction of sp³-hybridized carbons (Fsp3) is 0.350. The van der Waals surface area contributed by atoms with E-state index in [2.05, 4.69) is 56.5 Å². The van der Waals surface area contributed by atoms with Crippen molar-refractivity contribution < 1.29 is 4.74 Å². The summed E-state index contributed by atoms with van der Waals surface area (Å²) in [7, 11) is 1.59. The quantitative estimate of drug-likeness (QED) is 0.660. The van der Waals surface area contributed by atoms with Gasteiger partial charge in [-0.25, -0.2) is 0 Å². The molecule has 1 atom stereocenters. The highest BCUT2D eigenvalue weighted by Gasteiger charge is 2.19. The van der Waals surface area contributed by atoms with Crippen molar-refractivity contribution in [3.05, 3.63) is 58.1 Å². The first-order valence-corrected chi connectivity index (χ1v) is 9.08. The van der Waals surface area contributed by atoms with Crippen LogP contribution >= 0.6 is 23.8 Å². The molecule has 2 N–H and O–H groups in total. The van der Waals surface area contributed by atoms with E-state index >= 15 is 0 Å². The highest BCUT2D eigenvalue weighted by atomic mass is 35.5. The van der Waals surface area contributed by atoms with Crippen molar-refractivity contribution >= 4 is 34.6 Å². The molecule has 2 rings (SSSR count). The molecule has 0 radical (unpaired) electrons. The van der Waals surface area contributed by atoms with Gasteiger partial charge < -0.3 is 15.4 Å². The number of thiocarbonyl (C=S) groups is 1. The van der Waals surface area contributed by atoms with Crippen LogP contribution in [0.15, 0.2) is 36.4 Å². The van der Waals surface area contributed by atoms with Crippen LogP contribution in [-0.4, -0.2) is 12.2 Å². The van der Waals surface area contributed by atoms with Crippen LogP contribution in [0.3, 0.4) is 0 Å². The maximum Gasteiger partial charge on any atom is 0.171 e. The molecule has 134 valence electrons. The van der Waals surface area contributed by atoms with Crippen molar-refractivity contribution in [2.75, 3.05) is 12.4 Å². The molecule has 0 amide bonds. The summed E-state index contributed by atoms with van der Waals surface area (Å²) < 4.78 is 5.17. The first-order valence-electron chi connectivity index (χ1n) is 8.30. The molecule has 0 fully saturated rings. The molecule has 2 aromatic rings. The Labute approximate surface area is 160 Å². The van der Waals surface area contributed by atoms with Crippen LogP contribution in [0.1, 0.15) is 36.6 Å². The monoisotopic (exact) mass is 376 g/mol. The third-order valence-electron chi connectivity index (χ3n) is 4.12. The van der Waals surface area contributed by atoms with E-state index in [0.29, 0.717) is 21.8 Å². The SMILES string of the molecule is COc1ccc(NC(=S)NC(c2ccc(C)cc2C)C(C)C)cc1Cl. The van der Waals surface area contributed by atoms with Gasteiger partial charge in [0.1, 0.15) is 5.75 Å². The molecule has 0 aliphatic carbocycles. The van der Waals surface area contributed by atoms with E-state index in [1.807, 2.05) is 12.1 Å². The number of benzene rings is 2. The van der Waals surface area contributed by atoms with Gasteiger partial charge in [-0.2, -0.15) is 0 Å². The average Bonchev–Trinajstić information content (AvgIpc) is 2.53. The number of ether oxygens (including phenoxy) is 1. The van der Waals surface area contributed by atoms with Gasteiger partial charge in [-0.15, -0.1) is 0 Å². The molecule has 0 aliphatic heterocycles. The minimum atomic E-state index is 0.134. The van der Waals surface area contributed by atoms with Crippen molar-refractivity contribution in [1.29, 1.82) is 0 Å². The largest absolute Gasteiger partial charge is 0.495 e. The van der Waals surface area contributed by atoms with Crippen LogP contribution < -0.4 is 15.4 Å². The van der Waals surface area contributed by atoms with Gasteiger partial charge in [-0.3, -0.25) is 0 Å². The molecule has 0 saturated heterocycles. The van der Waals surface area contributed by atoms with Crippen molar-refractivity contribution in [2.45, 2.75) is 33.7 Å². The van der Waals surface area contributed by atoms with E-state index in [1.165, 1.54) is 16.7 Å². The second kappa shape index (κ2) is 8.54. The smallest absolute Gasteiger partial charge is 0.171 e. The predicted octanol–water partition coefficient (Wildman–Crippen LogP) is 5.65. The fourth-order valence-electron chi connectivity index (χ4n) is 2.83. The van der Waals surface area contributed by atoms with E-state index in [0.717, 1.165) is 5.69 Å². The molecule has 0 spiro atoms. The predicted molar refractivity (Wildman–Crippen MR) is 111 cm³/mol. The van der Waals surface area contributed by atoms with Crippen molar-refractivity contribution in [3.8, 4) is 5.75 Å². The lowest BCUT2D eigenvalue weighted by Crippen LogP contribution is -2.35. The zero-order valence-electron chi connectivity index (χ0n) is 15.3. The number of hydrogen-bond donors (Lipinski definition) is 2. The Bertz CT molecular complexity index is 761. The Morgan fingerprint density at radius 1 is 1.12 bits per heavy atom. The maximum absolute atomic E-state index is 6.17. The second-order valence-corrected chi connectivity index (χ2v) is 7.34. The zero-order chi connectivity index (χ0) is 18.6. The number of nitrogens with one attached hydrogen (secondary N) is 2. The van der Waals surface area contributed by atoms with Crippen LogP contribution in [0.5, 0.6) is 5.75 Å². The molecule has 0 heterocycles. The molecule has 25 heavy (non-hydrogen) atoms. The molecule has 0 saturated carbocycles. The van der Waals surface area contributed by atoms with E-state index in [9.17, 15) is 0 Å². The summed E-state index contributed by atoms with van der Waals surface area (Å²) in [4.78, 5) is 0. The topological polar surface area (TPSA) is 33.3 Å². The van der Waals surface area contributed by atoms with Crippen molar-refractivity contribution in [2.24, 2.45) is 5.92 Å². The lowest BCUT2D eigenvalue weighted by molar-refractivity contribution is 0.415. The van der Waals surface area contributed by atoms with Crippen LogP contribution in [0.4, 0.5) is 5.69 Å². The summed E-state index contributed by atoms with van der Waals surface area (Å²) in [5.74, 6) is 1.03. The maximum atomic E-state index is 6.17. The van der Waals surface area contributed by atoms with Crippen LogP contribution in [0.25, 0.3) is 0 Å². The van der Waals surface area contributed by atoms with Gasteiger partial charge in [-0.1, -0.05) is 49.2 Å². The van der Waals surface area contributed by atoms with E-state index in [1.54, 1.807) is 13.2 Å². The van der Waals surface area contributed by atoms with Crippen LogP contribution in [0.2, 0.25) is 5.02 Å². The normalized spacial score (nSPS) is 12.0. The standard InChI is InChI=1S/C20H25ClN2OS/c1-12(2)19(16-8-6-13(3)10-14(16)4)23-20(25)22-15-7-9-18(24-5)17(21)11-15/h6-12,19H,1-5H3,(H2,22,23,25). The molecule has 0 aromatic heterocycles. The minimum Gasteiger partial charge on any atom is -0.495 e. The average molecular weight is 377 g/mol. The number of hydrogen-bond acceptors (Lipinski definition) is 2. The summed E-state index contributed by atoms with van der Waals surface area (Å²) in [6, 6.07) is 12.2. The minimum absolute atomic E-state index is 0.134. The summed E-state index contributed by atoms with van der Waals surface area (Å²) in [6.45, 7) is 8.61. The molecule has 2 aromatic carbocycles. The Balaban J connectivity index is 2.14. The number of anilines is 1. The van der Waals surface area contributed by atoms with Gasteiger partial charge in [0, 0.05) is 5.69 Å². The second-order valence-electron chi connectivity index (χ2n) is 6.53. The Hall–Kier alpha value is -1.78. The fourth-order valence-corrected chi connectivity index (χ4v) is 3.33.